The molecule has 8 heteroatoms. The molecule has 1 aliphatic heterocycles. The maximum Gasteiger partial charge on any atom is 0.261 e. The molecule has 2 aliphatic rings. The zero-order chi connectivity index (χ0) is 22.7. The fourth-order valence-corrected chi connectivity index (χ4v) is 4.59. The number of ether oxygens (including phenoxy) is 2. The van der Waals surface area contributed by atoms with Crippen LogP contribution in [0.4, 0.5) is 4.39 Å². The molecule has 1 N–H and O–H groups in total. The van der Waals surface area contributed by atoms with E-state index >= 15 is 0 Å². The van der Waals surface area contributed by atoms with E-state index in [4.69, 9.17) is 32.7 Å². The van der Waals surface area contributed by atoms with Gasteiger partial charge in [-0.05, 0) is 67.5 Å². The van der Waals surface area contributed by atoms with E-state index in [2.05, 4.69) is 5.32 Å². The van der Waals surface area contributed by atoms with Gasteiger partial charge in [-0.3, -0.25) is 9.59 Å². The normalized spacial score (nSPS) is 22.0. The topological polar surface area (TPSA) is 64.6 Å². The summed E-state index contributed by atoms with van der Waals surface area (Å²) in [6, 6.07) is 9.56. The summed E-state index contributed by atoms with van der Waals surface area (Å²) < 4.78 is 24.6. The standard InChI is InChI=1S/C24H24Cl2FNO4/c25-16-3-8-22-15(10-16)11-23(32-22)24(30)28-17-4-1-14(2-5-17)9-18(29)13-31-19-6-7-20(26)21(27)12-19/h3,6-8,10,12,14,17,23H,1-2,4-5,9,11,13H2,(H,28,30). The van der Waals surface area contributed by atoms with Gasteiger partial charge >= 0.3 is 0 Å². The largest absolute Gasteiger partial charge is 0.486 e. The van der Waals surface area contributed by atoms with Gasteiger partial charge in [-0.2, -0.15) is 0 Å². The molecule has 0 aromatic heterocycles. The summed E-state index contributed by atoms with van der Waals surface area (Å²) in [5.74, 6) is 0.539. The Morgan fingerprint density at radius 1 is 1.09 bits per heavy atom. The highest BCUT2D eigenvalue weighted by Gasteiger charge is 2.32. The number of Topliss-reactive ketones (excluding diaryl/α,β-unsaturated/α-hetero) is 1. The van der Waals surface area contributed by atoms with E-state index in [9.17, 15) is 14.0 Å². The van der Waals surface area contributed by atoms with Crippen LogP contribution >= 0.6 is 23.2 Å². The first-order valence-corrected chi connectivity index (χ1v) is 11.5. The van der Waals surface area contributed by atoms with Gasteiger partial charge in [0.1, 0.15) is 23.9 Å². The first-order chi connectivity index (χ1) is 15.4. The van der Waals surface area contributed by atoms with E-state index in [1.807, 2.05) is 6.07 Å². The number of ketones is 1. The van der Waals surface area contributed by atoms with E-state index in [-0.39, 0.29) is 41.0 Å². The molecule has 1 heterocycles. The third-order valence-corrected chi connectivity index (χ3v) is 6.53. The van der Waals surface area contributed by atoms with Gasteiger partial charge in [0, 0.05) is 30.0 Å². The van der Waals surface area contributed by atoms with Crippen molar-refractivity contribution in [3.8, 4) is 11.5 Å². The van der Waals surface area contributed by atoms with Gasteiger partial charge in [0.25, 0.3) is 5.91 Å². The molecule has 0 bridgehead atoms. The summed E-state index contributed by atoms with van der Waals surface area (Å²) in [6.45, 7) is -0.0959. The maximum atomic E-state index is 13.4. The third-order valence-electron chi connectivity index (χ3n) is 5.99. The van der Waals surface area contributed by atoms with E-state index in [0.29, 0.717) is 23.6 Å². The van der Waals surface area contributed by atoms with Gasteiger partial charge in [0.15, 0.2) is 11.9 Å². The molecule has 1 unspecified atom stereocenters. The van der Waals surface area contributed by atoms with Crippen molar-refractivity contribution in [2.45, 2.75) is 50.7 Å². The number of rotatable bonds is 7. The van der Waals surface area contributed by atoms with Crippen molar-refractivity contribution in [1.29, 1.82) is 0 Å². The number of amides is 1. The van der Waals surface area contributed by atoms with Crippen LogP contribution in [-0.2, 0) is 16.0 Å². The Kier molecular flexibility index (Phi) is 7.21. The molecule has 4 rings (SSSR count). The molecule has 2 aromatic rings. The fraction of sp³-hybridized carbons (Fsp3) is 0.417. The number of carbonyl (C=O) groups excluding carboxylic acids is 2. The number of halogens is 3. The van der Waals surface area contributed by atoms with Crippen molar-refractivity contribution in [2.75, 3.05) is 6.61 Å². The zero-order valence-electron chi connectivity index (χ0n) is 17.4. The van der Waals surface area contributed by atoms with Gasteiger partial charge in [-0.1, -0.05) is 23.2 Å². The second-order valence-corrected chi connectivity index (χ2v) is 9.24. The Hall–Kier alpha value is -2.31. The average Bonchev–Trinajstić information content (AvgIpc) is 3.19. The summed E-state index contributed by atoms with van der Waals surface area (Å²) in [5.41, 5.74) is 0.948. The Balaban J connectivity index is 1.17. The van der Waals surface area contributed by atoms with Crippen LogP contribution in [-0.4, -0.2) is 30.4 Å². The predicted octanol–water partition coefficient (Wildman–Crippen LogP) is 5.15. The van der Waals surface area contributed by atoms with Crippen molar-refractivity contribution in [3.63, 3.8) is 0 Å². The molecule has 2 aromatic carbocycles. The summed E-state index contributed by atoms with van der Waals surface area (Å²) in [6.07, 6.45) is 3.75. The van der Waals surface area contributed by atoms with E-state index in [1.54, 1.807) is 12.1 Å². The van der Waals surface area contributed by atoms with Crippen molar-refractivity contribution in [2.24, 2.45) is 5.92 Å². The highest BCUT2D eigenvalue weighted by atomic mass is 35.5. The molecule has 0 spiro atoms. The average molecular weight is 480 g/mol. The van der Waals surface area contributed by atoms with Crippen molar-refractivity contribution in [3.05, 3.63) is 57.8 Å². The minimum atomic E-state index is -0.576. The number of benzene rings is 2. The molecule has 1 aliphatic carbocycles. The van der Waals surface area contributed by atoms with Crippen LogP contribution in [0.25, 0.3) is 0 Å². The number of hydrogen-bond acceptors (Lipinski definition) is 4. The monoisotopic (exact) mass is 479 g/mol. The Morgan fingerprint density at radius 2 is 1.88 bits per heavy atom. The highest BCUT2D eigenvalue weighted by Crippen LogP contribution is 2.32. The summed E-state index contributed by atoms with van der Waals surface area (Å²) >= 11 is 11.7. The first-order valence-electron chi connectivity index (χ1n) is 10.7. The predicted molar refractivity (Wildman–Crippen MR) is 120 cm³/mol. The van der Waals surface area contributed by atoms with Crippen LogP contribution in [0, 0.1) is 11.7 Å². The maximum absolute atomic E-state index is 13.4. The molecule has 32 heavy (non-hydrogen) atoms. The molecular weight excluding hydrogens is 456 g/mol. The summed E-state index contributed by atoms with van der Waals surface area (Å²) in [5, 5.41) is 3.73. The second kappa shape index (κ2) is 10.1. The lowest BCUT2D eigenvalue weighted by atomic mass is 9.83. The third kappa shape index (κ3) is 5.73. The quantitative estimate of drug-likeness (QED) is 0.596. The number of hydrogen-bond donors (Lipinski definition) is 1. The minimum absolute atomic E-state index is 0.0148. The molecule has 1 saturated carbocycles. The number of carbonyl (C=O) groups is 2. The Labute approximate surface area is 196 Å². The van der Waals surface area contributed by atoms with Crippen LogP contribution in [0.3, 0.4) is 0 Å². The van der Waals surface area contributed by atoms with Gasteiger partial charge in [0.2, 0.25) is 0 Å². The molecule has 1 fully saturated rings. The van der Waals surface area contributed by atoms with Crippen LogP contribution in [0.2, 0.25) is 10.0 Å². The highest BCUT2D eigenvalue weighted by molar-refractivity contribution is 6.31. The van der Waals surface area contributed by atoms with Crippen molar-refractivity contribution >= 4 is 34.9 Å². The summed E-state index contributed by atoms with van der Waals surface area (Å²) in [7, 11) is 0. The Bertz CT molecular complexity index is 1010. The minimum Gasteiger partial charge on any atom is -0.486 e. The van der Waals surface area contributed by atoms with Gasteiger partial charge < -0.3 is 14.8 Å². The Morgan fingerprint density at radius 3 is 2.62 bits per heavy atom. The molecule has 1 atom stereocenters. The molecule has 5 nitrogen and oxygen atoms in total. The van der Waals surface area contributed by atoms with E-state index in [1.165, 1.54) is 18.2 Å². The van der Waals surface area contributed by atoms with Crippen LogP contribution < -0.4 is 14.8 Å². The zero-order valence-corrected chi connectivity index (χ0v) is 18.9. The smallest absolute Gasteiger partial charge is 0.261 e. The second-order valence-electron chi connectivity index (χ2n) is 8.40. The van der Waals surface area contributed by atoms with Crippen LogP contribution in [0.1, 0.15) is 37.7 Å². The first kappa shape index (κ1) is 22.9. The fourth-order valence-electron chi connectivity index (χ4n) is 4.28. The van der Waals surface area contributed by atoms with E-state index in [0.717, 1.165) is 31.2 Å². The molecule has 0 saturated heterocycles. The molecule has 1 amide bonds. The lowest BCUT2D eigenvalue weighted by Gasteiger charge is -2.29. The number of fused-ring (bicyclic) bond motifs is 1. The number of nitrogens with one attached hydrogen (secondary N) is 1. The van der Waals surface area contributed by atoms with Crippen LogP contribution in [0.5, 0.6) is 11.5 Å². The molecule has 170 valence electrons. The van der Waals surface area contributed by atoms with Gasteiger partial charge in [-0.15, -0.1) is 0 Å². The lowest BCUT2D eigenvalue weighted by Crippen LogP contribution is -2.44. The van der Waals surface area contributed by atoms with Crippen LogP contribution in [0.15, 0.2) is 36.4 Å². The molecule has 0 radical (unpaired) electrons. The SMILES string of the molecule is O=C(COc1ccc(Cl)c(F)c1)CC1CCC(NC(=O)C2Cc3cc(Cl)ccc3O2)CC1. The van der Waals surface area contributed by atoms with E-state index < -0.39 is 11.9 Å². The van der Waals surface area contributed by atoms with Crippen molar-refractivity contribution < 1.29 is 23.5 Å². The lowest BCUT2D eigenvalue weighted by molar-refractivity contribution is -0.128. The van der Waals surface area contributed by atoms with Crippen molar-refractivity contribution in [1.82, 2.24) is 5.32 Å². The summed E-state index contributed by atoms with van der Waals surface area (Å²) in [4.78, 5) is 24.9. The van der Waals surface area contributed by atoms with Gasteiger partial charge in [0.05, 0.1) is 5.02 Å². The molecular formula is C24H24Cl2FNO4. The van der Waals surface area contributed by atoms with Gasteiger partial charge in [-0.25, -0.2) is 4.39 Å².